The van der Waals surface area contributed by atoms with Crippen LogP contribution in [0.2, 0.25) is 0 Å². The normalized spacial score (nSPS) is 17.3. The van der Waals surface area contributed by atoms with Gasteiger partial charge >= 0.3 is 0 Å². The molecule has 16 heavy (non-hydrogen) atoms. The number of H-pyrrole nitrogens is 1. The van der Waals surface area contributed by atoms with E-state index in [-0.39, 0.29) is 12.0 Å². The van der Waals surface area contributed by atoms with Gasteiger partial charge in [0.25, 0.3) is 0 Å². The van der Waals surface area contributed by atoms with Crippen molar-refractivity contribution in [2.24, 2.45) is 0 Å². The first-order valence-electron chi connectivity index (χ1n) is 5.56. The molecule has 2 N–H and O–H groups in total. The van der Waals surface area contributed by atoms with E-state index in [1.807, 2.05) is 24.4 Å². The highest BCUT2D eigenvalue weighted by Crippen LogP contribution is 2.46. The topological polar surface area (TPSA) is 48.9 Å². The fourth-order valence-corrected chi connectivity index (χ4v) is 1.98. The van der Waals surface area contributed by atoms with Gasteiger partial charge in [-0.1, -0.05) is 30.3 Å². The van der Waals surface area contributed by atoms with E-state index in [2.05, 4.69) is 22.1 Å². The molecular formula is C13H14N2O. The number of hydrogen-bond donors (Lipinski definition) is 2. The summed E-state index contributed by atoms with van der Waals surface area (Å²) >= 11 is 0. The summed E-state index contributed by atoms with van der Waals surface area (Å²) in [5.41, 5.74) is 2.08. The molecule has 1 aromatic heterocycles. The Balaban J connectivity index is 1.94. The molecule has 1 heterocycles. The molecule has 3 rings (SSSR count). The molecule has 0 saturated heterocycles. The van der Waals surface area contributed by atoms with Gasteiger partial charge in [0.1, 0.15) is 5.82 Å². The van der Waals surface area contributed by atoms with Crippen LogP contribution in [0, 0.1) is 0 Å². The van der Waals surface area contributed by atoms with Crippen molar-refractivity contribution in [2.75, 3.05) is 6.61 Å². The summed E-state index contributed by atoms with van der Waals surface area (Å²) in [5.74, 6) is 0.925. The molecule has 3 nitrogen and oxygen atoms in total. The summed E-state index contributed by atoms with van der Waals surface area (Å²) < 4.78 is 0. The fourth-order valence-electron chi connectivity index (χ4n) is 1.98. The Morgan fingerprint density at radius 3 is 2.62 bits per heavy atom. The van der Waals surface area contributed by atoms with E-state index in [1.165, 1.54) is 0 Å². The van der Waals surface area contributed by atoms with Crippen LogP contribution in [0.1, 0.15) is 18.7 Å². The SMILES string of the molecule is OCC1(c2ncc(-c3ccccc3)[nH]2)CC1. The molecule has 0 spiro atoms. The molecule has 82 valence electrons. The van der Waals surface area contributed by atoms with E-state index in [0.717, 1.165) is 29.9 Å². The third-order valence-electron chi connectivity index (χ3n) is 3.32. The van der Waals surface area contributed by atoms with Crippen LogP contribution < -0.4 is 0 Å². The van der Waals surface area contributed by atoms with Gasteiger partial charge in [-0.2, -0.15) is 0 Å². The zero-order valence-electron chi connectivity index (χ0n) is 8.98. The first-order valence-corrected chi connectivity index (χ1v) is 5.56. The number of benzene rings is 1. The van der Waals surface area contributed by atoms with Crippen molar-refractivity contribution in [3.05, 3.63) is 42.4 Å². The Bertz CT molecular complexity index is 486. The van der Waals surface area contributed by atoms with Crippen LogP contribution in [-0.2, 0) is 5.41 Å². The number of nitrogens with zero attached hydrogens (tertiary/aromatic N) is 1. The highest BCUT2D eigenvalue weighted by molar-refractivity contribution is 5.58. The third kappa shape index (κ3) is 1.44. The van der Waals surface area contributed by atoms with Gasteiger partial charge in [0, 0.05) is 0 Å². The summed E-state index contributed by atoms with van der Waals surface area (Å²) in [7, 11) is 0. The predicted molar refractivity (Wildman–Crippen MR) is 62.0 cm³/mol. The molecular weight excluding hydrogens is 200 g/mol. The van der Waals surface area contributed by atoms with Crippen molar-refractivity contribution in [3.8, 4) is 11.3 Å². The molecule has 1 saturated carbocycles. The van der Waals surface area contributed by atoms with Crippen LogP contribution in [0.15, 0.2) is 36.5 Å². The lowest BCUT2D eigenvalue weighted by molar-refractivity contribution is 0.250. The van der Waals surface area contributed by atoms with E-state index < -0.39 is 0 Å². The summed E-state index contributed by atoms with van der Waals surface area (Å²) in [6.07, 6.45) is 3.91. The van der Waals surface area contributed by atoms with Gasteiger partial charge in [0.05, 0.1) is 23.9 Å². The highest BCUT2D eigenvalue weighted by Gasteiger charge is 2.46. The Morgan fingerprint density at radius 2 is 2.00 bits per heavy atom. The van der Waals surface area contributed by atoms with Gasteiger partial charge in [-0.05, 0) is 18.4 Å². The van der Waals surface area contributed by atoms with E-state index in [9.17, 15) is 5.11 Å². The fraction of sp³-hybridized carbons (Fsp3) is 0.308. The molecule has 1 aliphatic carbocycles. The van der Waals surface area contributed by atoms with Gasteiger partial charge in [0.15, 0.2) is 0 Å². The number of hydrogen-bond acceptors (Lipinski definition) is 2. The summed E-state index contributed by atoms with van der Waals surface area (Å²) in [5, 5.41) is 9.33. The Kier molecular flexibility index (Phi) is 2.07. The van der Waals surface area contributed by atoms with Crippen LogP contribution in [0.25, 0.3) is 11.3 Å². The molecule has 1 aromatic carbocycles. The number of nitrogens with one attached hydrogen (secondary N) is 1. The van der Waals surface area contributed by atoms with E-state index in [1.54, 1.807) is 0 Å². The van der Waals surface area contributed by atoms with Crippen molar-refractivity contribution >= 4 is 0 Å². The smallest absolute Gasteiger partial charge is 0.115 e. The van der Waals surface area contributed by atoms with Crippen molar-refractivity contribution in [2.45, 2.75) is 18.3 Å². The van der Waals surface area contributed by atoms with Crippen LogP contribution in [0.4, 0.5) is 0 Å². The lowest BCUT2D eigenvalue weighted by Crippen LogP contribution is -2.13. The zero-order valence-corrected chi connectivity index (χ0v) is 8.98. The summed E-state index contributed by atoms with van der Waals surface area (Å²) in [4.78, 5) is 7.69. The lowest BCUT2D eigenvalue weighted by Gasteiger charge is -2.06. The summed E-state index contributed by atoms with van der Waals surface area (Å²) in [6, 6.07) is 10.1. The van der Waals surface area contributed by atoms with Crippen LogP contribution >= 0.6 is 0 Å². The average Bonchev–Trinajstić information content (AvgIpc) is 3.00. The number of rotatable bonds is 3. The average molecular weight is 214 g/mol. The lowest BCUT2D eigenvalue weighted by atomic mass is 10.1. The molecule has 0 atom stereocenters. The molecule has 0 aliphatic heterocycles. The number of aromatic nitrogens is 2. The maximum Gasteiger partial charge on any atom is 0.115 e. The minimum Gasteiger partial charge on any atom is -0.395 e. The predicted octanol–water partition coefficient (Wildman–Crippen LogP) is 2.10. The van der Waals surface area contributed by atoms with Crippen LogP contribution in [-0.4, -0.2) is 21.7 Å². The van der Waals surface area contributed by atoms with E-state index >= 15 is 0 Å². The maximum absolute atomic E-state index is 9.33. The summed E-state index contributed by atoms with van der Waals surface area (Å²) in [6.45, 7) is 0.189. The molecule has 3 heteroatoms. The third-order valence-corrected chi connectivity index (χ3v) is 3.32. The molecule has 2 aromatic rings. The Morgan fingerprint density at radius 1 is 1.25 bits per heavy atom. The monoisotopic (exact) mass is 214 g/mol. The van der Waals surface area contributed by atoms with Crippen molar-refractivity contribution in [1.29, 1.82) is 0 Å². The van der Waals surface area contributed by atoms with Crippen LogP contribution in [0.5, 0.6) is 0 Å². The molecule has 0 bridgehead atoms. The number of aliphatic hydroxyl groups is 1. The van der Waals surface area contributed by atoms with Gasteiger partial charge in [0.2, 0.25) is 0 Å². The minimum absolute atomic E-state index is 0.0764. The first kappa shape index (κ1) is 9.60. The molecule has 0 radical (unpaired) electrons. The Labute approximate surface area is 94.2 Å². The largest absolute Gasteiger partial charge is 0.395 e. The number of aliphatic hydroxyl groups excluding tert-OH is 1. The zero-order chi connectivity index (χ0) is 11.0. The van der Waals surface area contributed by atoms with Gasteiger partial charge in [-0.3, -0.25) is 0 Å². The van der Waals surface area contributed by atoms with Crippen molar-refractivity contribution < 1.29 is 5.11 Å². The minimum atomic E-state index is -0.0764. The van der Waals surface area contributed by atoms with Gasteiger partial charge < -0.3 is 10.1 Å². The first-order chi connectivity index (χ1) is 7.84. The molecule has 1 aliphatic rings. The maximum atomic E-state index is 9.33. The van der Waals surface area contributed by atoms with E-state index in [4.69, 9.17) is 0 Å². The Hall–Kier alpha value is -1.61. The molecule has 0 unspecified atom stereocenters. The van der Waals surface area contributed by atoms with Gasteiger partial charge in [-0.15, -0.1) is 0 Å². The van der Waals surface area contributed by atoms with Crippen molar-refractivity contribution in [1.82, 2.24) is 9.97 Å². The highest BCUT2D eigenvalue weighted by atomic mass is 16.3. The second kappa shape index (κ2) is 3.46. The standard InChI is InChI=1S/C13H14N2O/c16-9-13(6-7-13)12-14-8-11(15-12)10-4-2-1-3-5-10/h1-5,8,16H,6-7,9H2,(H,14,15). The second-order valence-corrected chi connectivity index (χ2v) is 4.45. The molecule has 1 fully saturated rings. The quantitative estimate of drug-likeness (QED) is 0.822. The number of aromatic amines is 1. The van der Waals surface area contributed by atoms with Crippen LogP contribution in [0.3, 0.4) is 0 Å². The van der Waals surface area contributed by atoms with Crippen molar-refractivity contribution in [3.63, 3.8) is 0 Å². The van der Waals surface area contributed by atoms with Gasteiger partial charge in [-0.25, -0.2) is 4.98 Å². The molecule has 0 amide bonds. The second-order valence-electron chi connectivity index (χ2n) is 4.45. The van der Waals surface area contributed by atoms with E-state index in [0.29, 0.717) is 0 Å². The number of imidazole rings is 1.